The minimum absolute atomic E-state index is 0. The van der Waals surface area contributed by atoms with Crippen LogP contribution in [0.2, 0.25) is 0 Å². The first-order chi connectivity index (χ1) is 25.6. The standard InChI is InChI=1S/C22H24N4.C22H23N3O.CH4/c1-16-6-5-9-19(14-16)24-21-15-20(17-7-3-2-4-8-17)25-22(26-21)18-10-12-23-13-11-18;1-16-7-9-19(10-8-16)23-21-15-20(17-5-3-2-4-6-17)24-22(25-21)18-11-13-26-14-12-18;/h2-9,14-15,18,23H,10-13H2,1H3,(H,24,25,26);2-10,15,18H,11-14H2,1H3,(H,23,24,25);1H4. The topological polar surface area (TPSA) is 96.9 Å². The summed E-state index contributed by atoms with van der Waals surface area (Å²) in [6.07, 6.45) is 4.12. The third-order valence-electron chi connectivity index (χ3n) is 9.53. The van der Waals surface area contributed by atoms with Crippen molar-refractivity contribution < 1.29 is 4.74 Å². The van der Waals surface area contributed by atoms with Gasteiger partial charge in [0.25, 0.3) is 0 Å². The monoisotopic (exact) mass is 705 g/mol. The number of anilines is 4. The van der Waals surface area contributed by atoms with Crippen LogP contribution in [0.15, 0.2) is 121 Å². The first-order valence-electron chi connectivity index (χ1n) is 18.4. The summed E-state index contributed by atoms with van der Waals surface area (Å²) in [4.78, 5) is 19.5. The first-order valence-corrected chi connectivity index (χ1v) is 18.4. The largest absolute Gasteiger partial charge is 0.381 e. The molecule has 3 N–H and O–H groups in total. The van der Waals surface area contributed by atoms with Crippen molar-refractivity contribution in [3.63, 3.8) is 0 Å². The molecule has 2 aromatic heterocycles. The van der Waals surface area contributed by atoms with Gasteiger partial charge >= 0.3 is 0 Å². The van der Waals surface area contributed by atoms with Gasteiger partial charge in [-0.25, -0.2) is 19.9 Å². The molecular weight excluding hydrogens is 655 g/mol. The lowest BCUT2D eigenvalue weighted by atomic mass is 9.97. The van der Waals surface area contributed by atoms with E-state index >= 15 is 0 Å². The number of piperidine rings is 1. The molecule has 0 bridgehead atoms. The van der Waals surface area contributed by atoms with Gasteiger partial charge in [-0.3, -0.25) is 0 Å². The summed E-state index contributed by atoms with van der Waals surface area (Å²) in [5.41, 5.74) is 8.72. The molecular formula is C45H51N7O. The van der Waals surface area contributed by atoms with Gasteiger partial charge in [0.05, 0.1) is 11.4 Å². The summed E-state index contributed by atoms with van der Waals surface area (Å²) in [7, 11) is 0. The van der Waals surface area contributed by atoms with Gasteiger partial charge < -0.3 is 20.7 Å². The van der Waals surface area contributed by atoms with E-state index < -0.39 is 0 Å². The summed E-state index contributed by atoms with van der Waals surface area (Å²) in [6, 6.07) is 41.4. The average molecular weight is 706 g/mol. The smallest absolute Gasteiger partial charge is 0.134 e. The fraction of sp³-hybridized carbons (Fsp3) is 0.289. The van der Waals surface area contributed by atoms with Crippen LogP contribution in [-0.2, 0) is 4.74 Å². The number of nitrogens with one attached hydrogen (secondary N) is 3. The van der Waals surface area contributed by atoms with Gasteiger partial charge in [0.15, 0.2) is 0 Å². The molecule has 0 aliphatic carbocycles. The lowest BCUT2D eigenvalue weighted by Gasteiger charge is -2.22. The van der Waals surface area contributed by atoms with E-state index in [9.17, 15) is 0 Å². The molecule has 0 atom stereocenters. The van der Waals surface area contributed by atoms with E-state index in [-0.39, 0.29) is 7.43 Å². The lowest BCUT2D eigenvalue weighted by molar-refractivity contribution is 0.0836. The van der Waals surface area contributed by atoms with Crippen LogP contribution in [0.4, 0.5) is 23.0 Å². The van der Waals surface area contributed by atoms with Crippen LogP contribution in [-0.4, -0.2) is 46.2 Å². The maximum atomic E-state index is 5.50. The zero-order valence-corrected chi connectivity index (χ0v) is 30.1. The Kier molecular flexibility index (Phi) is 12.9. The Labute approximate surface area is 314 Å². The summed E-state index contributed by atoms with van der Waals surface area (Å²) in [5, 5.41) is 10.3. The van der Waals surface area contributed by atoms with E-state index in [1.165, 1.54) is 11.1 Å². The molecule has 272 valence electrons. The van der Waals surface area contributed by atoms with Crippen molar-refractivity contribution in [1.82, 2.24) is 25.3 Å². The molecule has 8 heteroatoms. The Hall–Kier alpha value is -5.44. The number of aromatic nitrogens is 4. The number of hydrogen-bond donors (Lipinski definition) is 3. The van der Waals surface area contributed by atoms with Crippen LogP contribution in [0.1, 0.15) is 67.7 Å². The molecule has 0 spiro atoms. The molecule has 0 radical (unpaired) electrons. The highest BCUT2D eigenvalue weighted by molar-refractivity contribution is 5.67. The fourth-order valence-electron chi connectivity index (χ4n) is 6.63. The highest BCUT2D eigenvalue weighted by Gasteiger charge is 2.21. The summed E-state index contributed by atoms with van der Waals surface area (Å²) < 4.78 is 5.50. The van der Waals surface area contributed by atoms with Gasteiger partial charge in [0.2, 0.25) is 0 Å². The second-order valence-electron chi connectivity index (χ2n) is 13.6. The van der Waals surface area contributed by atoms with Crippen LogP contribution < -0.4 is 16.0 Å². The quantitative estimate of drug-likeness (QED) is 0.144. The minimum atomic E-state index is 0. The van der Waals surface area contributed by atoms with Gasteiger partial charge in [-0.15, -0.1) is 0 Å². The zero-order valence-electron chi connectivity index (χ0n) is 30.1. The first kappa shape index (κ1) is 37.3. The number of nitrogens with zero attached hydrogens (tertiary/aromatic N) is 4. The van der Waals surface area contributed by atoms with Gasteiger partial charge in [0, 0.05) is 59.7 Å². The summed E-state index contributed by atoms with van der Waals surface area (Å²) >= 11 is 0. The van der Waals surface area contributed by atoms with Crippen LogP contribution in [0.5, 0.6) is 0 Å². The molecule has 6 aromatic rings. The van der Waals surface area contributed by atoms with E-state index in [1.807, 2.05) is 36.4 Å². The van der Waals surface area contributed by atoms with E-state index in [1.54, 1.807) is 0 Å². The van der Waals surface area contributed by atoms with Crippen molar-refractivity contribution in [3.05, 3.63) is 144 Å². The second kappa shape index (κ2) is 18.4. The Bertz CT molecular complexity index is 2020. The predicted molar refractivity (Wildman–Crippen MR) is 218 cm³/mol. The Balaban J connectivity index is 0.000000178. The normalized spacial score (nSPS) is 14.7. The number of aryl methyl sites for hydroxylation is 2. The molecule has 4 aromatic carbocycles. The lowest BCUT2D eigenvalue weighted by Crippen LogP contribution is -2.27. The predicted octanol–water partition coefficient (Wildman–Crippen LogP) is 10.4. The Morgan fingerprint density at radius 1 is 0.528 bits per heavy atom. The average Bonchev–Trinajstić information content (AvgIpc) is 3.20. The maximum absolute atomic E-state index is 5.50. The molecule has 53 heavy (non-hydrogen) atoms. The number of benzene rings is 4. The Morgan fingerprint density at radius 3 is 1.60 bits per heavy atom. The van der Waals surface area contributed by atoms with Crippen molar-refractivity contribution >= 4 is 23.0 Å². The molecule has 0 saturated carbocycles. The maximum Gasteiger partial charge on any atom is 0.134 e. The van der Waals surface area contributed by atoms with Gasteiger partial charge in [-0.05, 0) is 82.4 Å². The SMILES string of the molecule is C.Cc1ccc(Nc2cc(-c3ccccc3)nc(C3CCOCC3)n2)cc1.Cc1cccc(Nc2cc(-c3ccccc3)nc(C3CCNCC3)n2)c1. The number of rotatable bonds is 8. The van der Waals surface area contributed by atoms with Crippen molar-refractivity contribution in [3.8, 4) is 22.5 Å². The number of hydrogen-bond acceptors (Lipinski definition) is 8. The molecule has 0 amide bonds. The van der Waals surface area contributed by atoms with Crippen LogP contribution >= 0.6 is 0 Å². The van der Waals surface area contributed by atoms with E-state index in [0.29, 0.717) is 11.8 Å². The van der Waals surface area contributed by atoms with Crippen LogP contribution in [0.25, 0.3) is 22.5 Å². The molecule has 8 rings (SSSR count). The van der Waals surface area contributed by atoms with Crippen LogP contribution in [0, 0.1) is 13.8 Å². The summed E-state index contributed by atoms with van der Waals surface area (Å²) in [6.45, 7) is 7.81. The molecule has 0 unspecified atom stereocenters. The van der Waals surface area contributed by atoms with Crippen molar-refractivity contribution in [1.29, 1.82) is 0 Å². The minimum Gasteiger partial charge on any atom is -0.381 e. The molecule has 2 saturated heterocycles. The van der Waals surface area contributed by atoms with E-state index in [0.717, 1.165) is 109 Å². The van der Waals surface area contributed by atoms with Gasteiger partial charge in [-0.2, -0.15) is 0 Å². The van der Waals surface area contributed by atoms with E-state index in [2.05, 4.69) is 115 Å². The molecule has 2 aliphatic rings. The van der Waals surface area contributed by atoms with Crippen molar-refractivity contribution in [2.75, 3.05) is 36.9 Å². The highest BCUT2D eigenvalue weighted by Crippen LogP contribution is 2.30. The third kappa shape index (κ3) is 10.3. The molecule has 8 nitrogen and oxygen atoms in total. The van der Waals surface area contributed by atoms with Gasteiger partial charge in [-0.1, -0.05) is 97.9 Å². The third-order valence-corrected chi connectivity index (χ3v) is 9.53. The van der Waals surface area contributed by atoms with E-state index in [4.69, 9.17) is 24.7 Å². The van der Waals surface area contributed by atoms with Crippen molar-refractivity contribution in [2.24, 2.45) is 0 Å². The molecule has 4 heterocycles. The highest BCUT2D eigenvalue weighted by atomic mass is 16.5. The summed E-state index contributed by atoms with van der Waals surface area (Å²) in [5.74, 6) is 4.32. The molecule has 2 fully saturated rings. The molecule has 2 aliphatic heterocycles. The Morgan fingerprint density at radius 2 is 1.06 bits per heavy atom. The van der Waals surface area contributed by atoms with Crippen molar-refractivity contribution in [2.45, 2.75) is 58.8 Å². The van der Waals surface area contributed by atoms with Gasteiger partial charge in [0.1, 0.15) is 23.3 Å². The zero-order chi connectivity index (χ0) is 35.5. The fourth-order valence-corrected chi connectivity index (χ4v) is 6.63. The second-order valence-corrected chi connectivity index (χ2v) is 13.6. The number of ether oxygens (including phenoxy) is 1. The van der Waals surface area contributed by atoms with Crippen LogP contribution in [0.3, 0.4) is 0 Å².